The zero-order valence-electron chi connectivity index (χ0n) is 24.4. The first-order chi connectivity index (χ1) is 21.5. The van der Waals surface area contributed by atoms with Gasteiger partial charge in [0.05, 0.1) is 4.75 Å². The van der Waals surface area contributed by atoms with Gasteiger partial charge in [0.15, 0.2) is 0 Å². The van der Waals surface area contributed by atoms with E-state index in [1.54, 1.807) is 0 Å². The van der Waals surface area contributed by atoms with Crippen molar-refractivity contribution in [2.45, 2.75) is 23.6 Å². The maximum atomic E-state index is 13.1. The van der Waals surface area contributed by atoms with Crippen LogP contribution >= 0.6 is 11.8 Å². The Hall–Kier alpha value is -4.81. The Morgan fingerprint density at radius 2 is 1.20 bits per heavy atom. The van der Waals surface area contributed by atoms with Gasteiger partial charge in [-0.3, -0.25) is 0 Å². The molecule has 0 unspecified atom stereocenters. The van der Waals surface area contributed by atoms with E-state index in [1.165, 1.54) is 11.8 Å². The average molecular weight is 600 g/mol. The summed E-state index contributed by atoms with van der Waals surface area (Å²) in [6, 6.07) is 43.5. The Morgan fingerprint density at radius 1 is 0.727 bits per heavy atom. The van der Waals surface area contributed by atoms with Crippen LogP contribution in [0.15, 0.2) is 133 Å². The number of ether oxygens (including phenoxy) is 1. The summed E-state index contributed by atoms with van der Waals surface area (Å²) in [5.41, 5.74) is 8.65. The van der Waals surface area contributed by atoms with Crippen LogP contribution in [0, 0.1) is 6.92 Å². The molecule has 1 aliphatic carbocycles. The fraction of sp³-hybridized carbons (Fsp3) is 0.158. The number of amides is 1. The van der Waals surface area contributed by atoms with Gasteiger partial charge in [-0.2, -0.15) is 0 Å². The molecule has 44 heavy (non-hydrogen) atoms. The number of hydrogen-bond acceptors (Lipinski definition) is 4. The van der Waals surface area contributed by atoms with E-state index in [-0.39, 0.29) is 18.3 Å². The van der Waals surface area contributed by atoms with Crippen molar-refractivity contribution in [1.82, 2.24) is 5.32 Å². The highest BCUT2D eigenvalue weighted by Crippen LogP contribution is 2.49. The van der Waals surface area contributed by atoms with Crippen LogP contribution in [-0.2, 0) is 14.3 Å². The summed E-state index contributed by atoms with van der Waals surface area (Å²) in [6.07, 6.45) is -0.750. The van der Waals surface area contributed by atoms with Crippen LogP contribution in [0.4, 0.5) is 4.79 Å². The van der Waals surface area contributed by atoms with Crippen molar-refractivity contribution in [3.8, 4) is 11.1 Å². The normalized spacial score (nSPS) is 13.0. The second kappa shape index (κ2) is 12.8. The molecule has 5 aromatic rings. The number of carbonyl (C=O) groups is 2. The molecule has 0 spiro atoms. The number of aliphatic carboxylic acids is 1. The van der Waals surface area contributed by atoms with E-state index in [0.717, 1.165) is 44.5 Å². The second-order valence-electron chi connectivity index (χ2n) is 11.0. The lowest BCUT2D eigenvalue weighted by Crippen LogP contribution is -2.44. The van der Waals surface area contributed by atoms with E-state index >= 15 is 0 Å². The Bertz CT molecular complexity index is 1670. The number of carbonyl (C=O) groups excluding carboxylic acids is 1. The largest absolute Gasteiger partial charge is 0.480 e. The molecule has 0 aliphatic heterocycles. The molecule has 1 aliphatic rings. The van der Waals surface area contributed by atoms with Crippen molar-refractivity contribution in [3.05, 3.63) is 167 Å². The minimum absolute atomic E-state index is 0.108. The van der Waals surface area contributed by atoms with Gasteiger partial charge in [0, 0.05) is 11.7 Å². The second-order valence-corrected chi connectivity index (χ2v) is 12.2. The van der Waals surface area contributed by atoms with Crippen LogP contribution in [0.5, 0.6) is 0 Å². The number of carboxylic acids is 1. The molecule has 6 rings (SSSR count). The van der Waals surface area contributed by atoms with Crippen molar-refractivity contribution in [2.75, 3.05) is 12.4 Å². The van der Waals surface area contributed by atoms with Gasteiger partial charge in [0.1, 0.15) is 12.6 Å². The van der Waals surface area contributed by atoms with Gasteiger partial charge in [0.2, 0.25) is 0 Å². The maximum Gasteiger partial charge on any atom is 0.407 e. The Balaban J connectivity index is 1.24. The molecule has 0 heterocycles. The number of alkyl carbamates (subject to hydrolysis) is 1. The lowest BCUT2D eigenvalue weighted by atomic mass is 9.84. The fourth-order valence-corrected chi connectivity index (χ4v) is 7.60. The van der Waals surface area contributed by atoms with E-state index < -0.39 is 22.9 Å². The van der Waals surface area contributed by atoms with Gasteiger partial charge in [0.25, 0.3) is 0 Å². The summed E-state index contributed by atoms with van der Waals surface area (Å²) in [5, 5.41) is 12.9. The number of fused-ring (bicyclic) bond motifs is 3. The molecule has 1 atom stereocenters. The van der Waals surface area contributed by atoms with Crippen LogP contribution < -0.4 is 5.32 Å². The van der Waals surface area contributed by atoms with Gasteiger partial charge in [-0.15, -0.1) is 11.8 Å². The number of aryl methyl sites for hydroxylation is 1. The molecular weight excluding hydrogens is 566 g/mol. The van der Waals surface area contributed by atoms with Crippen molar-refractivity contribution in [2.24, 2.45) is 0 Å². The molecule has 5 aromatic carbocycles. The molecule has 220 valence electrons. The molecule has 5 nitrogen and oxygen atoms in total. The van der Waals surface area contributed by atoms with Crippen molar-refractivity contribution >= 4 is 23.8 Å². The van der Waals surface area contributed by atoms with Crippen molar-refractivity contribution < 1.29 is 19.4 Å². The van der Waals surface area contributed by atoms with Gasteiger partial charge >= 0.3 is 12.1 Å². The molecular formula is C38H33NO4S. The fourth-order valence-electron chi connectivity index (χ4n) is 6.05. The maximum absolute atomic E-state index is 13.1. The summed E-state index contributed by atoms with van der Waals surface area (Å²) in [4.78, 5) is 25.6. The topological polar surface area (TPSA) is 75.6 Å². The van der Waals surface area contributed by atoms with Crippen LogP contribution in [0.2, 0.25) is 0 Å². The molecule has 0 radical (unpaired) electrons. The van der Waals surface area contributed by atoms with E-state index in [0.29, 0.717) is 0 Å². The third-order valence-electron chi connectivity index (χ3n) is 8.22. The van der Waals surface area contributed by atoms with Gasteiger partial charge in [-0.25, -0.2) is 9.59 Å². The van der Waals surface area contributed by atoms with Gasteiger partial charge < -0.3 is 15.2 Å². The number of rotatable bonds is 10. The molecule has 0 bridgehead atoms. The highest BCUT2D eigenvalue weighted by atomic mass is 32.2. The van der Waals surface area contributed by atoms with E-state index in [1.807, 2.05) is 67.6 Å². The average Bonchev–Trinajstić information content (AvgIpc) is 3.38. The highest BCUT2D eigenvalue weighted by Gasteiger charge is 2.39. The number of thioether (sulfide) groups is 1. The molecule has 1 amide bonds. The molecule has 0 aromatic heterocycles. The molecule has 0 saturated carbocycles. The van der Waals surface area contributed by atoms with Crippen molar-refractivity contribution in [1.29, 1.82) is 0 Å². The monoisotopic (exact) mass is 599 g/mol. The molecule has 6 heteroatoms. The predicted molar refractivity (Wildman–Crippen MR) is 176 cm³/mol. The summed E-state index contributed by atoms with van der Waals surface area (Å²) in [6.45, 7) is 2.16. The minimum Gasteiger partial charge on any atom is -0.480 e. The van der Waals surface area contributed by atoms with E-state index in [2.05, 4.69) is 78.1 Å². The summed E-state index contributed by atoms with van der Waals surface area (Å²) < 4.78 is 4.98. The first kappa shape index (κ1) is 29.3. The number of carboxylic acid groups (broad SMARTS) is 1. The third kappa shape index (κ3) is 5.73. The van der Waals surface area contributed by atoms with Crippen molar-refractivity contribution in [3.63, 3.8) is 0 Å². The third-order valence-corrected chi connectivity index (χ3v) is 9.86. The lowest BCUT2D eigenvalue weighted by Gasteiger charge is -2.36. The summed E-state index contributed by atoms with van der Waals surface area (Å²) in [7, 11) is 0. The smallest absolute Gasteiger partial charge is 0.407 e. The van der Waals surface area contributed by atoms with Crippen LogP contribution in [0.1, 0.15) is 39.3 Å². The first-order valence-electron chi connectivity index (χ1n) is 14.6. The highest BCUT2D eigenvalue weighted by molar-refractivity contribution is 8.00. The predicted octanol–water partition coefficient (Wildman–Crippen LogP) is 8.01. The lowest BCUT2D eigenvalue weighted by molar-refractivity contribution is -0.138. The Morgan fingerprint density at radius 3 is 1.73 bits per heavy atom. The number of benzene rings is 5. The first-order valence-corrected chi connectivity index (χ1v) is 15.6. The summed E-state index contributed by atoms with van der Waals surface area (Å²) >= 11 is 1.49. The Kier molecular flexibility index (Phi) is 8.53. The standard InChI is InChI=1S/C38H33NO4S/c1-26-20-22-29(23-21-26)38(27-12-4-2-5-13-27,28-14-6-3-7-15-28)44-25-35(36(40)41)39-37(42)43-24-34-32-18-10-8-16-30(32)31-17-9-11-19-33(31)34/h2-23,34-35H,24-25H2,1H3,(H,39,42)(H,40,41)/t35-/m0/s1. The van der Waals surface area contributed by atoms with Crippen LogP contribution in [0.25, 0.3) is 11.1 Å². The van der Waals surface area contributed by atoms with Gasteiger partial charge in [-0.1, -0.05) is 139 Å². The van der Waals surface area contributed by atoms with E-state index in [4.69, 9.17) is 4.74 Å². The van der Waals surface area contributed by atoms with Gasteiger partial charge in [-0.05, 0) is 45.9 Å². The van der Waals surface area contributed by atoms with Crippen LogP contribution in [0.3, 0.4) is 0 Å². The van der Waals surface area contributed by atoms with Crippen LogP contribution in [-0.4, -0.2) is 35.6 Å². The Labute approximate surface area is 261 Å². The minimum atomic E-state index is -1.17. The quantitative estimate of drug-likeness (QED) is 0.159. The molecule has 0 fully saturated rings. The SMILES string of the molecule is Cc1ccc(C(SC[C@H](NC(=O)OCC2c3ccccc3-c3ccccc32)C(=O)O)(c2ccccc2)c2ccccc2)cc1. The van der Waals surface area contributed by atoms with E-state index in [9.17, 15) is 14.7 Å². The zero-order chi connectivity index (χ0) is 30.5. The summed E-state index contributed by atoms with van der Waals surface area (Å²) in [5.74, 6) is -1.13. The zero-order valence-corrected chi connectivity index (χ0v) is 25.2. The molecule has 0 saturated heterocycles. The number of nitrogens with one attached hydrogen (secondary N) is 1. The number of hydrogen-bond donors (Lipinski definition) is 2. The molecule has 2 N–H and O–H groups in total.